The SMILES string of the molecule is Cc1cc2cc(C(C)NCCC(C)O)oc2cc1C. The van der Waals surface area contributed by atoms with Crippen LogP contribution in [0, 0.1) is 13.8 Å². The van der Waals surface area contributed by atoms with Crippen molar-refractivity contribution in [2.24, 2.45) is 0 Å². The summed E-state index contributed by atoms with van der Waals surface area (Å²) < 4.78 is 5.90. The van der Waals surface area contributed by atoms with Crippen molar-refractivity contribution in [3.05, 3.63) is 35.1 Å². The van der Waals surface area contributed by atoms with Gasteiger partial charge in [-0.2, -0.15) is 0 Å². The highest BCUT2D eigenvalue weighted by Crippen LogP contribution is 2.26. The number of benzene rings is 1. The highest BCUT2D eigenvalue weighted by molar-refractivity contribution is 5.79. The van der Waals surface area contributed by atoms with Crippen LogP contribution in [0.5, 0.6) is 0 Å². The number of aliphatic hydroxyl groups excluding tert-OH is 1. The Bertz CT molecular complexity index is 518. The van der Waals surface area contributed by atoms with Gasteiger partial charge in [0.25, 0.3) is 0 Å². The molecule has 2 atom stereocenters. The zero-order chi connectivity index (χ0) is 14.0. The maximum atomic E-state index is 9.25. The molecule has 2 aromatic rings. The van der Waals surface area contributed by atoms with Crippen molar-refractivity contribution in [3.8, 4) is 0 Å². The molecule has 1 aromatic heterocycles. The lowest BCUT2D eigenvalue weighted by atomic mass is 10.1. The fraction of sp³-hybridized carbons (Fsp3) is 0.500. The second-order valence-corrected chi connectivity index (χ2v) is 5.44. The predicted octanol–water partition coefficient (Wildman–Crippen LogP) is 3.47. The molecule has 0 radical (unpaired) electrons. The van der Waals surface area contributed by atoms with Crippen LogP contribution in [0.25, 0.3) is 11.0 Å². The van der Waals surface area contributed by atoms with Crippen molar-refractivity contribution in [1.29, 1.82) is 0 Å². The van der Waals surface area contributed by atoms with Crippen LogP contribution in [0.2, 0.25) is 0 Å². The van der Waals surface area contributed by atoms with Gasteiger partial charge in [0.2, 0.25) is 0 Å². The molecule has 3 nitrogen and oxygen atoms in total. The van der Waals surface area contributed by atoms with Crippen molar-refractivity contribution < 1.29 is 9.52 Å². The highest BCUT2D eigenvalue weighted by Gasteiger charge is 2.12. The second kappa shape index (κ2) is 5.76. The minimum atomic E-state index is -0.263. The molecule has 1 aromatic carbocycles. The molecule has 0 saturated carbocycles. The van der Waals surface area contributed by atoms with Crippen LogP contribution in [-0.2, 0) is 0 Å². The number of hydrogen-bond acceptors (Lipinski definition) is 3. The monoisotopic (exact) mass is 261 g/mol. The molecule has 0 amide bonds. The molecule has 0 aliphatic rings. The third-order valence-corrected chi connectivity index (χ3v) is 3.59. The van der Waals surface area contributed by atoms with E-state index >= 15 is 0 Å². The number of furan rings is 1. The minimum absolute atomic E-state index is 0.159. The van der Waals surface area contributed by atoms with Crippen molar-refractivity contribution in [3.63, 3.8) is 0 Å². The van der Waals surface area contributed by atoms with E-state index < -0.39 is 0 Å². The first-order valence-electron chi connectivity index (χ1n) is 6.89. The molecule has 3 heteroatoms. The Hall–Kier alpha value is -1.32. The Balaban J connectivity index is 2.12. The zero-order valence-electron chi connectivity index (χ0n) is 12.2. The van der Waals surface area contributed by atoms with Gasteiger partial charge in [-0.25, -0.2) is 0 Å². The number of rotatable bonds is 5. The third kappa shape index (κ3) is 3.37. The molecule has 0 aliphatic carbocycles. The molecule has 2 rings (SSSR count). The molecule has 1 heterocycles. The zero-order valence-corrected chi connectivity index (χ0v) is 12.2. The number of nitrogens with one attached hydrogen (secondary N) is 1. The first-order valence-corrected chi connectivity index (χ1v) is 6.89. The fourth-order valence-corrected chi connectivity index (χ4v) is 2.15. The summed E-state index contributed by atoms with van der Waals surface area (Å²) in [7, 11) is 0. The van der Waals surface area contributed by atoms with Crippen molar-refractivity contribution >= 4 is 11.0 Å². The minimum Gasteiger partial charge on any atom is -0.459 e. The van der Waals surface area contributed by atoms with Crippen LogP contribution in [0.4, 0.5) is 0 Å². The van der Waals surface area contributed by atoms with E-state index in [2.05, 4.69) is 44.3 Å². The average Bonchev–Trinajstić information content (AvgIpc) is 2.72. The normalized spacial score (nSPS) is 14.8. The summed E-state index contributed by atoms with van der Waals surface area (Å²) in [6.07, 6.45) is 0.489. The first-order chi connectivity index (χ1) is 8.97. The van der Waals surface area contributed by atoms with Gasteiger partial charge in [-0.15, -0.1) is 0 Å². The van der Waals surface area contributed by atoms with Crippen LogP contribution >= 0.6 is 0 Å². The summed E-state index contributed by atoms with van der Waals surface area (Å²) in [5.74, 6) is 0.950. The molecular formula is C16H23NO2. The highest BCUT2D eigenvalue weighted by atomic mass is 16.3. The average molecular weight is 261 g/mol. The summed E-state index contributed by atoms with van der Waals surface area (Å²) in [5.41, 5.74) is 3.49. The summed E-state index contributed by atoms with van der Waals surface area (Å²) in [6.45, 7) is 8.89. The number of hydrogen-bond donors (Lipinski definition) is 2. The Kier molecular flexibility index (Phi) is 4.27. The van der Waals surface area contributed by atoms with Crippen LogP contribution in [0.3, 0.4) is 0 Å². The van der Waals surface area contributed by atoms with Gasteiger partial charge in [0, 0.05) is 5.39 Å². The molecule has 2 N–H and O–H groups in total. The van der Waals surface area contributed by atoms with E-state index in [0.717, 1.165) is 29.7 Å². The van der Waals surface area contributed by atoms with Crippen LogP contribution in [0.15, 0.2) is 22.6 Å². The van der Waals surface area contributed by atoms with E-state index in [0.29, 0.717) is 0 Å². The Morgan fingerprint density at radius 2 is 1.84 bits per heavy atom. The summed E-state index contributed by atoms with van der Waals surface area (Å²) in [5, 5.41) is 13.8. The van der Waals surface area contributed by atoms with E-state index in [1.807, 2.05) is 0 Å². The van der Waals surface area contributed by atoms with Crippen LogP contribution in [0.1, 0.15) is 43.2 Å². The quantitative estimate of drug-likeness (QED) is 0.866. The van der Waals surface area contributed by atoms with Crippen molar-refractivity contribution in [2.45, 2.75) is 46.3 Å². The summed E-state index contributed by atoms with van der Waals surface area (Å²) >= 11 is 0. The van der Waals surface area contributed by atoms with Gasteiger partial charge in [0.1, 0.15) is 11.3 Å². The fourth-order valence-electron chi connectivity index (χ4n) is 2.15. The van der Waals surface area contributed by atoms with Gasteiger partial charge in [0.05, 0.1) is 12.1 Å². The molecule has 2 unspecified atom stereocenters. The smallest absolute Gasteiger partial charge is 0.134 e. The molecule has 0 saturated heterocycles. The van der Waals surface area contributed by atoms with Crippen LogP contribution < -0.4 is 5.32 Å². The predicted molar refractivity (Wildman–Crippen MR) is 78.4 cm³/mol. The summed E-state index contributed by atoms with van der Waals surface area (Å²) in [6, 6.07) is 6.52. The first kappa shape index (κ1) is 14.1. The Morgan fingerprint density at radius 1 is 1.16 bits per heavy atom. The summed E-state index contributed by atoms with van der Waals surface area (Å²) in [4.78, 5) is 0. The van der Waals surface area contributed by atoms with Crippen molar-refractivity contribution in [1.82, 2.24) is 5.32 Å². The van der Waals surface area contributed by atoms with Gasteiger partial charge < -0.3 is 14.8 Å². The van der Waals surface area contributed by atoms with E-state index in [1.54, 1.807) is 6.92 Å². The molecule has 104 valence electrons. The lowest BCUT2D eigenvalue weighted by Crippen LogP contribution is -2.22. The number of aliphatic hydroxyl groups is 1. The van der Waals surface area contributed by atoms with E-state index in [-0.39, 0.29) is 12.1 Å². The molecule has 0 fully saturated rings. The van der Waals surface area contributed by atoms with Gasteiger partial charge >= 0.3 is 0 Å². The number of aryl methyl sites for hydroxylation is 2. The largest absolute Gasteiger partial charge is 0.459 e. The van der Waals surface area contributed by atoms with Gasteiger partial charge in [-0.3, -0.25) is 0 Å². The van der Waals surface area contributed by atoms with E-state index in [4.69, 9.17) is 4.42 Å². The van der Waals surface area contributed by atoms with E-state index in [1.165, 1.54) is 11.1 Å². The standard InChI is InChI=1S/C16H23NO2/c1-10-7-14-9-15(19-16(14)8-11(10)2)13(4)17-6-5-12(3)18/h7-9,12-13,17-18H,5-6H2,1-4H3. The van der Waals surface area contributed by atoms with Crippen molar-refractivity contribution in [2.75, 3.05) is 6.54 Å². The Morgan fingerprint density at radius 3 is 2.53 bits per heavy atom. The van der Waals surface area contributed by atoms with Gasteiger partial charge in [-0.05, 0) is 70.0 Å². The lowest BCUT2D eigenvalue weighted by molar-refractivity contribution is 0.182. The van der Waals surface area contributed by atoms with Gasteiger partial charge in [-0.1, -0.05) is 0 Å². The lowest BCUT2D eigenvalue weighted by Gasteiger charge is -2.11. The van der Waals surface area contributed by atoms with Crippen LogP contribution in [-0.4, -0.2) is 17.8 Å². The third-order valence-electron chi connectivity index (χ3n) is 3.59. The molecule has 0 bridgehead atoms. The van der Waals surface area contributed by atoms with E-state index in [9.17, 15) is 5.11 Å². The molecule has 0 aliphatic heterocycles. The Labute approximate surface area is 114 Å². The molecule has 0 spiro atoms. The maximum Gasteiger partial charge on any atom is 0.134 e. The number of fused-ring (bicyclic) bond motifs is 1. The molecular weight excluding hydrogens is 238 g/mol. The van der Waals surface area contributed by atoms with Gasteiger partial charge in [0.15, 0.2) is 0 Å². The molecule has 19 heavy (non-hydrogen) atoms. The second-order valence-electron chi connectivity index (χ2n) is 5.44. The maximum absolute atomic E-state index is 9.25. The topological polar surface area (TPSA) is 45.4 Å².